The molecule has 0 bridgehead atoms. The quantitative estimate of drug-likeness (QED) is 0.858. The van der Waals surface area contributed by atoms with Crippen molar-refractivity contribution in [2.24, 2.45) is 5.92 Å². The van der Waals surface area contributed by atoms with Crippen LogP contribution in [0, 0.1) is 5.92 Å². The third kappa shape index (κ3) is 3.62. The molecule has 0 saturated heterocycles. The topological polar surface area (TPSA) is 63.2 Å². The van der Waals surface area contributed by atoms with Crippen molar-refractivity contribution in [3.05, 3.63) is 48.2 Å². The van der Waals surface area contributed by atoms with Gasteiger partial charge in [-0.15, -0.1) is 0 Å². The van der Waals surface area contributed by atoms with Crippen LogP contribution in [0.3, 0.4) is 0 Å². The number of pyridine rings is 1. The van der Waals surface area contributed by atoms with E-state index in [4.69, 9.17) is 4.74 Å². The minimum absolute atomic E-state index is 0.102. The highest BCUT2D eigenvalue weighted by molar-refractivity contribution is 5.99. The molecule has 1 aromatic heterocycles. The summed E-state index contributed by atoms with van der Waals surface area (Å²) < 4.78 is 5.33. The smallest absolute Gasteiger partial charge is 0.255 e. The van der Waals surface area contributed by atoms with Gasteiger partial charge in [-0.2, -0.15) is 0 Å². The Morgan fingerprint density at radius 2 is 2.04 bits per heavy atom. The molecule has 1 saturated carbocycles. The lowest BCUT2D eigenvalue weighted by Gasteiger charge is -2.16. The molecular formula is C18H21N3O2. The van der Waals surface area contributed by atoms with Gasteiger partial charge in [-0.05, 0) is 49.9 Å². The molecule has 1 heterocycles. The average Bonchev–Trinajstić information content (AvgIpc) is 3.41. The molecule has 120 valence electrons. The van der Waals surface area contributed by atoms with Crippen LogP contribution in [0.5, 0.6) is 5.75 Å². The highest BCUT2D eigenvalue weighted by atomic mass is 16.5. The zero-order valence-corrected chi connectivity index (χ0v) is 13.4. The van der Waals surface area contributed by atoms with Crippen LogP contribution >= 0.6 is 0 Å². The Morgan fingerprint density at radius 1 is 1.26 bits per heavy atom. The third-order valence-electron chi connectivity index (χ3n) is 4.10. The molecule has 0 radical (unpaired) electrons. The summed E-state index contributed by atoms with van der Waals surface area (Å²) in [4.78, 5) is 16.8. The largest absolute Gasteiger partial charge is 0.495 e. The molecule has 2 N–H and O–H groups in total. The maximum Gasteiger partial charge on any atom is 0.255 e. The molecule has 1 aliphatic rings. The number of carbonyl (C=O) groups is 1. The van der Waals surface area contributed by atoms with Crippen LogP contribution in [0.1, 0.15) is 30.1 Å². The Labute approximate surface area is 136 Å². The van der Waals surface area contributed by atoms with Crippen molar-refractivity contribution in [2.75, 3.05) is 12.4 Å². The van der Waals surface area contributed by atoms with Crippen molar-refractivity contribution >= 4 is 17.4 Å². The minimum Gasteiger partial charge on any atom is -0.495 e. The van der Waals surface area contributed by atoms with Crippen molar-refractivity contribution in [2.45, 2.75) is 25.8 Å². The minimum atomic E-state index is -0.102. The van der Waals surface area contributed by atoms with Crippen LogP contribution in [0.15, 0.2) is 42.6 Å². The van der Waals surface area contributed by atoms with Gasteiger partial charge in [-0.25, -0.2) is 4.98 Å². The molecular weight excluding hydrogens is 290 g/mol. The maximum absolute atomic E-state index is 12.5. The standard InChI is InChI=1S/C18H21N3O2/c1-12(13-9-10-13)20-18(22)14-6-5-11-19-17(14)21-15-7-3-4-8-16(15)23-2/h3-8,11-13H,9-10H2,1-2H3,(H,19,21)(H,20,22). The normalized spacial score (nSPS) is 14.9. The fourth-order valence-electron chi connectivity index (χ4n) is 2.56. The number of carbonyl (C=O) groups excluding carboxylic acids is 1. The van der Waals surface area contributed by atoms with Gasteiger partial charge < -0.3 is 15.4 Å². The van der Waals surface area contributed by atoms with E-state index >= 15 is 0 Å². The summed E-state index contributed by atoms with van der Waals surface area (Å²) in [7, 11) is 1.61. The molecule has 5 nitrogen and oxygen atoms in total. The van der Waals surface area contributed by atoms with E-state index in [0.29, 0.717) is 23.0 Å². The number of rotatable bonds is 6. The Balaban J connectivity index is 1.81. The maximum atomic E-state index is 12.5. The summed E-state index contributed by atoms with van der Waals surface area (Å²) in [6.45, 7) is 2.05. The summed E-state index contributed by atoms with van der Waals surface area (Å²) in [6.07, 6.45) is 4.06. The molecule has 5 heteroatoms. The zero-order valence-electron chi connectivity index (χ0n) is 13.4. The number of aromatic nitrogens is 1. The molecule has 1 aliphatic carbocycles. The lowest BCUT2D eigenvalue weighted by atomic mass is 10.1. The fraction of sp³-hybridized carbons (Fsp3) is 0.333. The molecule has 23 heavy (non-hydrogen) atoms. The van der Waals surface area contributed by atoms with E-state index in [-0.39, 0.29) is 11.9 Å². The summed E-state index contributed by atoms with van der Waals surface area (Å²) in [5.41, 5.74) is 1.31. The molecule has 2 aromatic rings. The number of hydrogen-bond donors (Lipinski definition) is 2. The van der Waals surface area contributed by atoms with Gasteiger partial charge in [0.2, 0.25) is 0 Å². The highest BCUT2D eigenvalue weighted by Crippen LogP contribution is 2.33. The fourth-order valence-corrected chi connectivity index (χ4v) is 2.56. The van der Waals surface area contributed by atoms with Gasteiger partial charge in [0.15, 0.2) is 0 Å². The highest BCUT2D eigenvalue weighted by Gasteiger charge is 2.29. The summed E-state index contributed by atoms with van der Waals surface area (Å²) >= 11 is 0. The van der Waals surface area contributed by atoms with E-state index in [2.05, 4.69) is 22.5 Å². The van der Waals surface area contributed by atoms with Crippen LogP contribution in [0.4, 0.5) is 11.5 Å². The van der Waals surface area contributed by atoms with Gasteiger partial charge in [-0.1, -0.05) is 12.1 Å². The first-order chi connectivity index (χ1) is 11.2. The van der Waals surface area contributed by atoms with Crippen molar-refractivity contribution < 1.29 is 9.53 Å². The second kappa shape index (κ2) is 6.69. The number of benzene rings is 1. The van der Waals surface area contributed by atoms with Crippen LogP contribution < -0.4 is 15.4 Å². The number of anilines is 2. The summed E-state index contributed by atoms with van der Waals surface area (Å²) in [6, 6.07) is 11.3. The van der Waals surface area contributed by atoms with Gasteiger partial charge >= 0.3 is 0 Å². The number of ether oxygens (including phenoxy) is 1. The van der Waals surface area contributed by atoms with E-state index in [1.165, 1.54) is 12.8 Å². The number of methoxy groups -OCH3 is 1. The number of hydrogen-bond acceptors (Lipinski definition) is 4. The van der Waals surface area contributed by atoms with Gasteiger partial charge in [0.25, 0.3) is 5.91 Å². The van der Waals surface area contributed by atoms with Crippen molar-refractivity contribution in [3.8, 4) is 5.75 Å². The van der Waals surface area contributed by atoms with E-state index in [1.807, 2.05) is 24.3 Å². The van der Waals surface area contributed by atoms with Crippen LogP contribution in [-0.2, 0) is 0 Å². The van der Waals surface area contributed by atoms with Crippen LogP contribution in [-0.4, -0.2) is 24.0 Å². The number of amides is 1. The molecule has 1 amide bonds. The molecule has 0 spiro atoms. The van der Waals surface area contributed by atoms with Gasteiger partial charge in [0.1, 0.15) is 11.6 Å². The van der Waals surface area contributed by atoms with Crippen molar-refractivity contribution in [3.63, 3.8) is 0 Å². The Morgan fingerprint density at radius 3 is 2.78 bits per heavy atom. The number of nitrogens with zero attached hydrogens (tertiary/aromatic N) is 1. The first-order valence-corrected chi connectivity index (χ1v) is 7.85. The van der Waals surface area contributed by atoms with E-state index < -0.39 is 0 Å². The second-order valence-electron chi connectivity index (χ2n) is 5.82. The lowest BCUT2D eigenvalue weighted by molar-refractivity contribution is 0.0936. The number of para-hydroxylation sites is 2. The Bertz CT molecular complexity index is 698. The first kappa shape index (κ1) is 15.3. The summed E-state index contributed by atoms with van der Waals surface area (Å²) in [5, 5.41) is 6.26. The first-order valence-electron chi connectivity index (χ1n) is 7.85. The molecule has 0 aliphatic heterocycles. The third-order valence-corrected chi connectivity index (χ3v) is 4.10. The van der Waals surface area contributed by atoms with E-state index in [9.17, 15) is 4.79 Å². The SMILES string of the molecule is COc1ccccc1Nc1ncccc1C(=O)NC(C)C1CC1. The zero-order chi connectivity index (χ0) is 16.2. The van der Waals surface area contributed by atoms with Crippen molar-refractivity contribution in [1.29, 1.82) is 0 Å². The Hall–Kier alpha value is -2.56. The monoisotopic (exact) mass is 311 g/mol. The second-order valence-corrected chi connectivity index (χ2v) is 5.82. The van der Waals surface area contributed by atoms with Gasteiger partial charge in [-0.3, -0.25) is 4.79 Å². The molecule has 3 rings (SSSR count). The number of nitrogens with one attached hydrogen (secondary N) is 2. The van der Waals surface area contributed by atoms with E-state index in [0.717, 1.165) is 5.69 Å². The predicted octanol–water partition coefficient (Wildman–Crippen LogP) is 3.36. The van der Waals surface area contributed by atoms with Crippen LogP contribution in [0.2, 0.25) is 0 Å². The van der Waals surface area contributed by atoms with Crippen LogP contribution in [0.25, 0.3) is 0 Å². The van der Waals surface area contributed by atoms with Crippen molar-refractivity contribution in [1.82, 2.24) is 10.3 Å². The average molecular weight is 311 g/mol. The lowest BCUT2D eigenvalue weighted by Crippen LogP contribution is -2.34. The predicted molar refractivity (Wildman–Crippen MR) is 90.2 cm³/mol. The molecule has 1 fully saturated rings. The molecule has 1 atom stereocenters. The van der Waals surface area contributed by atoms with Gasteiger partial charge in [0.05, 0.1) is 18.4 Å². The van der Waals surface area contributed by atoms with Gasteiger partial charge in [0, 0.05) is 12.2 Å². The molecule has 1 unspecified atom stereocenters. The van der Waals surface area contributed by atoms with E-state index in [1.54, 1.807) is 25.4 Å². The Kier molecular flexibility index (Phi) is 4.46. The summed E-state index contributed by atoms with van der Waals surface area (Å²) in [5.74, 6) is 1.74. The molecule has 1 aromatic carbocycles.